The summed E-state index contributed by atoms with van der Waals surface area (Å²) in [6, 6.07) is 21.2. The number of nitrogens with zero attached hydrogens (tertiary/aromatic N) is 2. The fourth-order valence-electron chi connectivity index (χ4n) is 4.67. The van der Waals surface area contributed by atoms with Gasteiger partial charge in [-0.15, -0.1) is 0 Å². The Balaban J connectivity index is 1.95. The lowest BCUT2D eigenvalue weighted by Crippen LogP contribution is -2.56. The molecule has 2 amide bonds. The first-order valence-electron chi connectivity index (χ1n) is 13.7. The van der Waals surface area contributed by atoms with E-state index in [9.17, 15) is 14.4 Å². The molecule has 0 bridgehead atoms. The lowest BCUT2D eigenvalue weighted by atomic mass is 9.95. The number of amides is 2. The highest BCUT2D eigenvalue weighted by Crippen LogP contribution is 2.20. The zero-order chi connectivity index (χ0) is 29.4. The number of hydrogen-bond donors (Lipinski definition) is 2. The summed E-state index contributed by atoms with van der Waals surface area (Å²) in [6.45, 7) is 5.40. The number of hydrogen-bond acceptors (Lipinski definition) is 5. The number of benzene rings is 3. The van der Waals surface area contributed by atoms with Gasteiger partial charge in [0.05, 0.1) is 12.1 Å². The van der Waals surface area contributed by atoms with E-state index in [1.54, 1.807) is 27.1 Å². The number of likely N-dealkylation sites (N-methyl/N-ethyl adjacent to an activating group) is 2. The molecule has 2 unspecified atom stereocenters. The molecule has 4 N–H and O–H groups in total. The molecule has 7 heteroatoms. The van der Waals surface area contributed by atoms with Crippen molar-refractivity contribution in [1.29, 1.82) is 0 Å². The molecule has 0 aromatic heterocycles. The molecule has 0 aliphatic carbocycles. The molecule has 3 aromatic carbocycles. The molecule has 0 saturated heterocycles. The maximum Gasteiger partial charge on any atom is 0.246 e. The van der Waals surface area contributed by atoms with Crippen LogP contribution in [0.2, 0.25) is 0 Å². The van der Waals surface area contributed by atoms with Crippen LogP contribution in [0.5, 0.6) is 0 Å². The summed E-state index contributed by atoms with van der Waals surface area (Å²) < 4.78 is 0. The number of carbonyl (C=O) groups is 3. The molecule has 0 saturated carbocycles. The number of ketones is 1. The second-order valence-corrected chi connectivity index (χ2v) is 11.3. The van der Waals surface area contributed by atoms with E-state index in [4.69, 9.17) is 11.5 Å². The minimum Gasteiger partial charge on any atom is -0.334 e. The summed E-state index contributed by atoms with van der Waals surface area (Å²) in [4.78, 5) is 43.5. The Bertz CT molecular complexity index is 1340. The van der Waals surface area contributed by atoms with Crippen molar-refractivity contribution in [3.63, 3.8) is 0 Å². The Hall–Kier alpha value is -3.81. The largest absolute Gasteiger partial charge is 0.334 e. The fraction of sp³-hybridized carbons (Fsp3) is 0.364. The van der Waals surface area contributed by atoms with Gasteiger partial charge in [0.2, 0.25) is 11.8 Å². The first-order valence-corrected chi connectivity index (χ1v) is 13.7. The average molecular weight is 543 g/mol. The van der Waals surface area contributed by atoms with Crippen LogP contribution in [0, 0.1) is 0 Å². The molecule has 0 fully saturated rings. The van der Waals surface area contributed by atoms with E-state index < -0.39 is 23.7 Å². The molecule has 3 aromatic rings. The van der Waals surface area contributed by atoms with Gasteiger partial charge in [-0.25, -0.2) is 0 Å². The van der Waals surface area contributed by atoms with Crippen LogP contribution in [0.4, 0.5) is 0 Å². The Morgan fingerprint density at radius 1 is 0.825 bits per heavy atom. The van der Waals surface area contributed by atoms with Gasteiger partial charge < -0.3 is 21.3 Å². The quantitative estimate of drug-likeness (QED) is 0.338. The van der Waals surface area contributed by atoms with E-state index in [1.807, 2.05) is 86.6 Å². The Morgan fingerprint density at radius 2 is 1.43 bits per heavy atom. The van der Waals surface area contributed by atoms with Gasteiger partial charge in [-0.2, -0.15) is 0 Å². The highest BCUT2D eigenvalue weighted by atomic mass is 16.2. The summed E-state index contributed by atoms with van der Waals surface area (Å²) in [7, 11) is 3.24. The van der Waals surface area contributed by atoms with E-state index in [2.05, 4.69) is 0 Å². The molecule has 3 atom stereocenters. The zero-order valence-electron chi connectivity index (χ0n) is 24.2. The SMILES string of the molecule is CC(N)C(=O)C(Cc1ccccc1)N(C)C(=O)[C@@H](Cc1ccc2ccccc2c1)N(C)C(=O)/C=C/CC(C)(C)N. The van der Waals surface area contributed by atoms with E-state index in [-0.39, 0.29) is 24.0 Å². The number of rotatable bonds is 12. The van der Waals surface area contributed by atoms with Crippen LogP contribution in [0.15, 0.2) is 84.9 Å². The summed E-state index contributed by atoms with van der Waals surface area (Å²) in [5.74, 6) is -0.871. The van der Waals surface area contributed by atoms with Crippen LogP contribution in [0.25, 0.3) is 10.8 Å². The lowest BCUT2D eigenvalue weighted by Gasteiger charge is -2.35. The van der Waals surface area contributed by atoms with Crippen molar-refractivity contribution < 1.29 is 14.4 Å². The van der Waals surface area contributed by atoms with Crippen molar-refractivity contribution in [2.75, 3.05) is 14.1 Å². The van der Waals surface area contributed by atoms with Crippen LogP contribution in [0.1, 0.15) is 38.3 Å². The second kappa shape index (κ2) is 13.5. The van der Waals surface area contributed by atoms with E-state index in [0.29, 0.717) is 12.8 Å². The van der Waals surface area contributed by atoms with Crippen molar-refractivity contribution in [3.8, 4) is 0 Å². The molecule has 7 nitrogen and oxygen atoms in total. The van der Waals surface area contributed by atoms with E-state index in [1.165, 1.54) is 15.9 Å². The lowest BCUT2D eigenvalue weighted by molar-refractivity contribution is -0.145. The Labute approximate surface area is 237 Å². The molecule has 3 rings (SSSR count). The molecule has 0 aliphatic heterocycles. The third kappa shape index (κ3) is 8.34. The molecule has 0 heterocycles. The molecule has 0 radical (unpaired) electrons. The van der Waals surface area contributed by atoms with E-state index >= 15 is 0 Å². The van der Waals surface area contributed by atoms with E-state index in [0.717, 1.165) is 21.9 Å². The smallest absolute Gasteiger partial charge is 0.246 e. The maximum atomic E-state index is 14.1. The van der Waals surface area contributed by atoms with Gasteiger partial charge in [-0.3, -0.25) is 14.4 Å². The van der Waals surface area contributed by atoms with Gasteiger partial charge in [-0.05, 0) is 55.2 Å². The average Bonchev–Trinajstić information content (AvgIpc) is 2.92. The second-order valence-electron chi connectivity index (χ2n) is 11.3. The van der Waals surface area contributed by atoms with Crippen LogP contribution in [-0.4, -0.2) is 65.2 Å². The standard InChI is InChI=1S/C33H42N4O3/c1-23(34)31(39)28(21-24-12-7-6-8-13-24)37(5)32(40)29(36(4)30(38)16-11-19-33(2,3)35)22-25-17-18-26-14-9-10-15-27(26)20-25/h6-18,20,23,28-29H,19,21-22,34-35H2,1-5H3/b16-11+/t23?,28?,29-/m1/s1. The summed E-state index contributed by atoms with van der Waals surface area (Å²) in [5, 5.41) is 2.14. The first-order chi connectivity index (χ1) is 18.9. The van der Waals surface area contributed by atoms with Crippen LogP contribution >= 0.6 is 0 Å². The summed E-state index contributed by atoms with van der Waals surface area (Å²) >= 11 is 0. The first kappa shape index (κ1) is 30.7. The van der Waals surface area contributed by atoms with Gasteiger partial charge >= 0.3 is 0 Å². The van der Waals surface area contributed by atoms with Crippen molar-refractivity contribution >= 4 is 28.4 Å². The van der Waals surface area contributed by atoms with Crippen LogP contribution in [0.3, 0.4) is 0 Å². The molecule has 0 spiro atoms. The minimum atomic E-state index is -0.839. The van der Waals surface area contributed by atoms with Crippen molar-refractivity contribution in [2.45, 2.75) is 63.7 Å². The Kier molecular flexibility index (Phi) is 10.4. The highest BCUT2D eigenvalue weighted by Gasteiger charge is 2.35. The molecular formula is C33H42N4O3. The van der Waals surface area contributed by atoms with Crippen molar-refractivity contribution in [1.82, 2.24) is 9.80 Å². The third-order valence-corrected chi connectivity index (χ3v) is 7.11. The molecule has 212 valence electrons. The van der Waals surface area contributed by atoms with Gasteiger partial charge in [0, 0.05) is 32.5 Å². The van der Waals surface area contributed by atoms with Crippen LogP contribution < -0.4 is 11.5 Å². The molecule has 40 heavy (non-hydrogen) atoms. The predicted octanol–water partition coefficient (Wildman–Crippen LogP) is 3.88. The van der Waals surface area contributed by atoms with Gasteiger partial charge in [0.25, 0.3) is 0 Å². The monoisotopic (exact) mass is 542 g/mol. The number of nitrogens with two attached hydrogens (primary N) is 2. The normalized spacial score (nSPS) is 14.1. The number of fused-ring (bicyclic) bond motifs is 1. The third-order valence-electron chi connectivity index (χ3n) is 7.11. The summed E-state index contributed by atoms with van der Waals surface area (Å²) in [6.07, 6.45) is 4.33. The van der Waals surface area contributed by atoms with Gasteiger partial charge in [0.15, 0.2) is 5.78 Å². The minimum absolute atomic E-state index is 0.233. The number of carbonyl (C=O) groups excluding carboxylic acids is 3. The number of Topliss-reactive ketones (excluding diaryl/α,β-unsaturated/α-hetero) is 1. The zero-order valence-corrected chi connectivity index (χ0v) is 24.2. The topological polar surface area (TPSA) is 110 Å². The van der Waals surface area contributed by atoms with Crippen molar-refractivity contribution in [3.05, 3.63) is 96.1 Å². The predicted molar refractivity (Wildman–Crippen MR) is 162 cm³/mol. The molecular weight excluding hydrogens is 500 g/mol. The Morgan fingerprint density at radius 3 is 2.05 bits per heavy atom. The van der Waals surface area contributed by atoms with Crippen molar-refractivity contribution in [2.24, 2.45) is 11.5 Å². The maximum absolute atomic E-state index is 14.1. The van der Waals surface area contributed by atoms with Gasteiger partial charge in [0.1, 0.15) is 6.04 Å². The highest BCUT2D eigenvalue weighted by molar-refractivity contribution is 5.96. The van der Waals surface area contributed by atoms with Gasteiger partial charge in [-0.1, -0.05) is 78.9 Å². The molecule has 0 aliphatic rings. The van der Waals surface area contributed by atoms with Crippen LogP contribution in [-0.2, 0) is 27.2 Å². The summed E-state index contributed by atoms with van der Waals surface area (Å²) in [5.41, 5.74) is 13.4. The fourth-order valence-corrected chi connectivity index (χ4v) is 4.67.